The third kappa shape index (κ3) is 2.05. The highest BCUT2D eigenvalue weighted by Crippen LogP contribution is 2.11. The Hall–Kier alpha value is -1.67. The average molecular weight is 228 g/mol. The van der Waals surface area contributed by atoms with Gasteiger partial charge in [-0.1, -0.05) is 0 Å². The second-order valence-electron chi connectivity index (χ2n) is 2.87. The van der Waals surface area contributed by atoms with Gasteiger partial charge in [0.1, 0.15) is 18.3 Å². The predicted octanol–water partition coefficient (Wildman–Crippen LogP) is -1.11. The third-order valence-corrected chi connectivity index (χ3v) is 2.47. The fraction of sp³-hybridized carbons (Fsp3) is 0.286. The first-order valence-corrected chi connectivity index (χ1v) is 4.98. The number of thiazole rings is 1. The largest absolute Gasteiger partial charge is 0.375 e. The van der Waals surface area contributed by atoms with Crippen molar-refractivity contribution in [1.29, 1.82) is 0 Å². The highest BCUT2D eigenvalue weighted by molar-refractivity contribution is 7.13. The Balaban J connectivity index is 2.00. The van der Waals surface area contributed by atoms with E-state index in [0.717, 1.165) is 0 Å². The molecule has 0 aromatic carbocycles. The van der Waals surface area contributed by atoms with Crippen LogP contribution < -0.4 is 16.5 Å². The van der Waals surface area contributed by atoms with Gasteiger partial charge in [0.15, 0.2) is 5.13 Å². The second-order valence-corrected chi connectivity index (χ2v) is 3.76. The van der Waals surface area contributed by atoms with Gasteiger partial charge in [0.2, 0.25) is 0 Å². The molecule has 1 saturated heterocycles. The van der Waals surface area contributed by atoms with Gasteiger partial charge in [-0.2, -0.15) is 0 Å². The lowest BCUT2D eigenvalue weighted by atomic mass is 10.3. The van der Waals surface area contributed by atoms with E-state index >= 15 is 0 Å². The van der Waals surface area contributed by atoms with Crippen molar-refractivity contribution in [3.63, 3.8) is 0 Å². The zero-order valence-corrected chi connectivity index (χ0v) is 8.34. The predicted molar refractivity (Wildman–Crippen MR) is 51.9 cm³/mol. The molecule has 2 rings (SSSR count). The van der Waals surface area contributed by atoms with Gasteiger partial charge < -0.3 is 11.1 Å². The van der Waals surface area contributed by atoms with Gasteiger partial charge in [-0.15, -0.1) is 11.3 Å². The minimum Gasteiger partial charge on any atom is -0.375 e. The summed E-state index contributed by atoms with van der Waals surface area (Å²) in [6.45, 7) is 0.115. The second kappa shape index (κ2) is 3.83. The van der Waals surface area contributed by atoms with Crippen molar-refractivity contribution < 1.29 is 14.4 Å². The van der Waals surface area contributed by atoms with Crippen molar-refractivity contribution in [2.45, 2.75) is 6.04 Å². The maximum Gasteiger partial charge on any atom is 0.271 e. The van der Waals surface area contributed by atoms with E-state index in [9.17, 15) is 9.59 Å². The number of anilines is 1. The van der Waals surface area contributed by atoms with Crippen molar-refractivity contribution >= 4 is 28.3 Å². The highest BCUT2D eigenvalue weighted by Gasteiger charge is 2.27. The van der Waals surface area contributed by atoms with Gasteiger partial charge in [-0.25, -0.2) is 10.5 Å². The molecule has 2 amide bonds. The number of carbonyl (C=O) groups excluding carboxylic acids is 2. The Kier molecular flexibility index (Phi) is 2.52. The number of nitrogen functional groups attached to an aromatic ring is 1. The number of amides is 2. The lowest BCUT2D eigenvalue weighted by molar-refractivity contribution is -0.125. The van der Waals surface area contributed by atoms with E-state index in [1.807, 2.05) is 0 Å². The molecule has 1 aromatic heterocycles. The number of carbonyl (C=O) groups is 2. The van der Waals surface area contributed by atoms with Crippen LogP contribution >= 0.6 is 11.3 Å². The van der Waals surface area contributed by atoms with Crippen LogP contribution in [0.25, 0.3) is 0 Å². The Bertz CT molecular complexity index is 405. The van der Waals surface area contributed by atoms with Crippen LogP contribution in [0.15, 0.2) is 5.38 Å². The van der Waals surface area contributed by atoms with Crippen molar-refractivity contribution in [1.82, 2.24) is 15.8 Å². The van der Waals surface area contributed by atoms with E-state index in [4.69, 9.17) is 5.73 Å². The standard InChI is InChI=1S/C7H8N4O3S/c8-7-10-4(2-15-7)5(12)9-3-1-14-11-6(3)13/h2-3H,1H2,(H2,8,10)(H,9,12)(H,11,13)/t3-/m1/s1. The Morgan fingerprint density at radius 2 is 2.60 bits per heavy atom. The maximum atomic E-state index is 11.5. The number of nitrogens with one attached hydrogen (secondary N) is 2. The molecule has 7 nitrogen and oxygen atoms in total. The summed E-state index contributed by atoms with van der Waals surface area (Å²) in [5.41, 5.74) is 7.72. The Morgan fingerprint density at radius 1 is 1.80 bits per heavy atom. The molecule has 0 aliphatic carbocycles. The number of hydrogen-bond donors (Lipinski definition) is 3. The number of nitrogens with two attached hydrogens (primary N) is 1. The van der Waals surface area contributed by atoms with E-state index in [2.05, 4.69) is 20.6 Å². The molecule has 8 heteroatoms. The fourth-order valence-electron chi connectivity index (χ4n) is 1.07. The molecule has 1 aliphatic rings. The van der Waals surface area contributed by atoms with E-state index in [1.165, 1.54) is 16.7 Å². The molecule has 0 spiro atoms. The summed E-state index contributed by atoms with van der Waals surface area (Å²) in [6, 6.07) is -0.666. The molecule has 0 unspecified atom stereocenters. The molecular weight excluding hydrogens is 220 g/mol. The van der Waals surface area contributed by atoms with E-state index in [0.29, 0.717) is 5.13 Å². The third-order valence-electron chi connectivity index (χ3n) is 1.80. The van der Waals surface area contributed by atoms with Gasteiger partial charge in [0, 0.05) is 5.38 Å². The van der Waals surface area contributed by atoms with Crippen LogP contribution in [0, 0.1) is 0 Å². The number of nitrogens with zero attached hydrogens (tertiary/aromatic N) is 1. The summed E-state index contributed by atoms with van der Waals surface area (Å²) >= 11 is 1.17. The lowest BCUT2D eigenvalue weighted by Crippen LogP contribution is -2.41. The topological polar surface area (TPSA) is 106 Å². The monoisotopic (exact) mass is 228 g/mol. The first-order chi connectivity index (χ1) is 7.16. The van der Waals surface area contributed by atoms with Gasteiger partial charge in [0.25, 0.3) is 11.8 Å². The Labute approximate surface area is 88.6 Å². The molecule has 2 heterocycles. The summed E-state index contributed by atoms with van der Waals surface area (Å²) < 4.78 is 0. The number of hydrogen-bond acceptors (Lipinski definition) is 6. The zero-order chi connectivity index (χ0) is 10.8. The SMILES string of the molecule is Nc1nc(C(=O)N[C@@H]2CONC2=O)cs1. The summed E-state index contributed by atoms with van der Waals surface area (Å²) in [4.78, 5) is 31.0. The highest BCUT2D eigenvalue weighted by atomic mass is 32.1. The number of aromatic nitrogens is 1. The molecule has 1 fully saturated rings. The molecule has 0 bridgehead atoms. The number of hydroxylamine groups is 1. The minimum atomic E-state index is -0.666. The fourth-order valence-corrected chi connectivity index (χ4v) is 1.62. The van der Waals surface area contributed by atoms with Crippen molar-refractivity contribution in [3.05, 3.63) is 11.1 Å². The minimum absolute atomic E-state index is 0.115. The summed E-state index contributed by atoms with van der Waals surface area (Å²) in [5, 5.41) is 4.31. The smallest absolute Gasteiger partial charge is 0.271 e. The van der Waals surface area contributed by atoms with Gasteiger partial charge in [-0.05, 0) is 0 Å². The van der Waals surface area contributed by atoms with Gasteiger partial charge in [0.05, 0.1) is 0 Å². The molecule has 0 saturated carbocycles. The first-order valence-electron chi connectivity index (χ1n) is 4.10. The van der Waals surface area contributed by atoms with Crippen molar-refractivity contribution in [2.75, 3.05) is 12.3 Å². The molecule has 0 radical (unpaired) electrons. The van der Waals surface area contributed by atoms with Crippen molar-refractivity contribution in [3.8, 4) is 0 Å². The molecular formula is C7H8N4O3S. The maximum absolute atomic E-state index is 11.5. The quantitative estimate of drug-likeness (QED) is 0.594. The number of rotatable bonds is 2. The van der Waals surface area contributed by atoms with Crippen LogP contribution in [0.4, 0.5) is 5.13 Å². The van der Waals surface area contributed by atoms with Crippen LogP contribution in [0.5, 0.6) is 0 Å². The summed E-state index contributed by atoms with van der Waals surface area (Å²) in [5.74, 6) is -0.805. The average Bonchev–Trinajstić information content (AvgIpc) is 2.77. The molecule has 4 N–H and O–H groups in total. The summed E-state index contributed by atoms with van der Waals surface area (Å²) in [7, 11) is 0. The van der Waals surface area contributed by atoms with E-state index < -0.39 is 11.9 Å². The molecule has 1 aromatic rings. The van der Waals surface area contributed by atoms with Crippen LogP contribution in [-0.2, 0) is 9.63 Å². The van der Waals surface area contributed by atoms with Crippen LogP contribution in [0.2, 0.25) is 0 Å². The molecule has 1 aliphatic heterocycles. The molecule has 15 heavy (non-hydrogen) atoms. The molecule has 1 atom stereocenters. The Morgan fingerprint density at radius 3 is 3.13 bits per heavy atom. The van der Waals surface area contributed by atoms with E-state index in [-0.39, 0.29) is 18.2 Å². The van der Waals surface area contributed by atoms with Gasteiger partial charge in [-0.3, -0.25) is 14.4 Å². The van der Waals surface area contributed by atoms with Gasteiger partial charge >= 0.3 is 0 Å². The summed E-state index contributed by atoms with van der Waals surface area (Å²) in [6.07, 6.45) is 0. The van der Waals surface area contributed by atoms with Crippen LogP contribution in [0.3, 0.4) is 0 Å². The first kappa shape index (κ1) is 9.87. The van der Waals surface area contributed by atoms with Crippen molar-refractivity contribution in [2.24, 2.45) is 0 Å². The molecule has 80 valence electrons. The van der Waals surface area contributed by atoms with Crippen LogP contribution in [0.1, 0.15) is 10.5 Å². The normalized spacial score (nSPS) is 20.0. The lowest BCUT2D eigenvalue weighted by Gasteiger charge is -2.05. The zero-order valence-electron chi connectivity index (χ0n) is 7.52. The van der Waals surface area contributed by atoms with E-state index in [1.54, 1.807) is 0 Å². The van der Waals surface area contributed by atoms with Crippen LogP contribution in [-0.4, -0.2) is 29.4 Å².